The topological polar surface area (TPSA) is 78.8 Å². The molecule has 3 aromatic heterocycles. The van der Waals surface area contributed by atoms with Crippen molar-refractivity contribution in [1.82, 2.24) is 24.8 Å². The highest BCUT2D eigenvalue weighted by atomic mass is 16.5. The SMILES string of the molecule is C[C@@H]1CN(c2cc(=O)n(C)c3ncccc23)C[C@H](CN2CCN(c3cc4c(cn3)CCNC4)CC2)O1. The largest absolute Gasteiger partial charge is 0.370 e. The van der Waals surface area contributed by atoms with Gasteiger partial charge in [-0.15, -0.1) is 0 Å². The Bertz CT molecular complexity index is 1300. The minimum absolute atomic E-state index is 0.0328. The van der Waals surface area contributed by atoms with E-state index in [1.807, 2.05) is 6.07 Å². The van der Waals surface area contributed by atoms with Crippen LogP contribution in [-0.4, -0.2) is 84.0 Å². The number of anilines is 2. The summed E-state index contributed by atoms with van der Waals surface area (Å²) in [4.78, 5) is 29.1. The minimum Gasteiger partial charge on any atom is -0.370 e. The van der Waals surface area contributed by atoms with Crippen LogP contribution in [0.25, 0.3) is 11.0 Å². The summed E-state index contributed by atoms with van der Waals surface area (Å²) in [7, 11) is 1.78. The molecule has 36 heavy (non-hydrogen) atoms. The summed E-state index contributed by atoms with van der Waals surface area (Å²) < 4.78 is 7.98. The number of nitrogens with one attached hydrogen (secondary N) is 1. The third-order valence-corrected chi connectivity index (χ3v) is 7.75. The number of rotatable bonds is 4. The monoisotopic (exact) mass is 489 g/mol. The molecule has 0 bridgehead atoms. The summed E-state index contributed by atoms with van der Waals surface area (Å²) in [5.74, 6) is 1.09. The zero-order valence-corrected chi connectivity index (χ0v) is 21.2. The normalized spacial score (nSPS) is 23.2. The summed E-state index contributed by atoms with van der Waals surface area (Å²) in [5, 5.41) is 4.47. The molecule has 1 N–H and O–H groups in total. The van der Waals surface area contributed by atoms with Crippen molar-refractivity contribution in [1.29, 1.82) is 0 Å². The summed E-state index contributed by atoms with van der Waals surface area (Å²) in [6, 6.07) is 8.00. The molecule has 0 radical (unpaired) electrons. The molecule has 9 nitrogen and oxygen atoms in total. The van der Waals surface area contributed by atoms with Crippen LogP contribution in [0.2, 0.25) is 0 Å². The Morgan fingerprint density at radius 3 is 2.81 bits per heavy atom. The van der Waals surface area contributed by atoms with Crippen LogP contribution in [0, 0.1) is 0 Å². The fraction of sp³-hybridized carbons (Fsp3) is 0.519. The Morgan fingerprint density at radius 1 is 1.08 bits per heavy atom. The zero-order valence-electron chi connectivity index (χ0n) is 21.2. The number of morpholine rings is 1. The van der Waals surface area contributed by atoms with E-state index in [0.29, 0.717) is 0 Å². The van der Waals surface area contributed by atoms with Crippen LogP contribution in [0.1, 0.15) is 18.1 Å². The second-order valence-electron chi connectivity index (χ2n) is 10.3. The van der Waals surface area contributed by atoms with Gasteiger partial charge in [0.25, 0.3) is 5.56 Å². The predicted octanol–water partition coefficient (Wildman–Crippen LogP) is 1.39. The molecular formula is C27H35N7O2. The quantitative estimate of drug-likeness (QED) is 0.589. The fourth-order valence-electron chi connectivity index (χ4n) is 5.83. The van der Waals surface area contributed by atoms with Gasteiger partial charge in [0.05, 0.1) is 17.9 Å². The van der Waals surface area contributed by atoms with Crippen LogP contribution in [-0.2, 0) is 24.8 Å². The molecule has 6 heterocycles. The minimum atomic E-state index is -0.0328. The molecule has 3 aliphatic heterocycles. The van der Waals surface area contributed by atoms with Crippen LogP contribution in [0.3, 0.4) is 0 Å². The zero-order chi connectivity index (χ0) is 24.6. The van der Waals surface area contributed by atoms with E-state index in [-0.39, 0.29) is 17.8 Å². The van der Waals surface area contributed by atoms with Crippen LogP contribution in [0.4, 0.5) is 11.5 Å². The van der Waals surface area contributed by atoms with E-state index >= 15 is 0 Å². The highest BCUT2D eigenvalue weighted by Crippen LogP contribution is 2.27. The number of aromatic nitrogens is 3. The Balaban J connectivity index is 1.12. The molecule has 2 atom stereocenters. The molecule has 6 rings (SSSR count). The van der Waals surface area contributed by atoms with E-state index in [2.05, 4.69) is 50.3 Å². The Hall–Kier alpha value is -3.01. The molecule has 3 aromatic rings. The van der Waals surface area contributed by atoms with Crippen LogP contribution >= 0.6 is 0 Å². The van der Waals surface area contributed by atoms with Crippen molar-refractivity contribution in [2.24, 2.45) is 7.05 Å². The maximum atomic E-state index is 12.6. The standard InChI is InChI=1S/C27H35N7O2/c1-19-16-34(24-13-26(35)31(2)27-23(24)4-3-6-29-27)18-22(36-19)17-32-8-10-33(11-9-32)25-12-21-14-28-7-5-20(21)15-30-25/h3-4,6,12-13,15,19,22,28H,5,7-11,14,16-18H2,1-2H3/t19-,22+/m1/s1. The Labute approximate surface area is 211 Å². The molecule has 9 heteroatoms. The van der Waals surface area contributed by atoms with Gasteiger partial charge in [-0.3, -0.25) is 14.3 Å². The molecule has 0 aliphatic carbocycles. The third-order valence-electron chi connectivity index (χ3n) is 7.75. The van der Waals surface area contributed by atoms with Crippen molar-refractivity contribution in [3.8, 4) is 0 Å². The van der Waals surface area contributed by atoms with E-state index in [9.17, 15) is 4.79 Å². The van der Waals surface area contributed by atoms with Gasteiger partial charge in [0.1, 0.15) is 11.5 Å². The van der Waals surface area contributed by atoms with E-state index in [4.69, 9.17) is 9.72 Å². The lowest BCUT2D eigenvalue weighted by Crippen LogP contribution is -2.54. The van der Waals surface area contributed by atoms with Gasteiger partial charge < -0.3 is 19.9 Å². The van der Waals surface area contributed by atoms with Gasteiger partial charge in [0.2, 0.25) is 0 Å². The number of nitrogens with zero attached hydrogens (tertiary/aromatic N) is 6. The number of ether oxygens (including phenoxy) is 1. The second-order valence-corrected chi connectivity index (χ2v) is 10.3. The lowest BCUT2D eigenvalue weighted by atomic mass is 10.0. The van der Waals surface area contributed by atoms with Gasteiger partial charge in [-0.25, -0.2) is 9.97 Å². The third kappa shape index (κ3) is 4.58. The number of hydrogen-bond acceptors (Lipinski definition) is 8. The number of pyridine rings is 3. The molecule has 2 fully saturated rings. The van der Waals surface area contributed by atoms with Crippen molar-refractivity contribution < 1.29 is 4.74 Å². The average Bonchev–Trinajstić information content (AvgIpc) is 2.90. The van der Waals surface area contributed by atoms with Crippen LogP contribution in [0.15, 0.2) is 41.5 Å². The van der Waals surface area contributed by atoms with Gasteiger partial charge in [-0.2, -0.15) is 0 Å². The van der Waals surface area contributed by atoms with E-state index < -0.39 is 0 Å². The summed E-state index contributed by atoms with van der Waals surface area (Å²) in [6.45, 7) is 10.4. The maximum Gasteiger partial charge on any atom is 0.253 e. The first-order valence-corrected chi connectivity index (χ1v) is 13.1. The molecule has 0 amide bonds. The molecule has 0 spiro atoms. The van der Waals surface area contributed by atoms with Crippen molar-refractivity contribution in [3.05, 3.63) is 58.1 Å². The average molecular weight is 490 g/mol. The highest BCUT2D eigenvalue weighted by Gasteiger charge is 2.30. The summed E-state index contributed by atoms with van der Waals surface area (Å²) >= 11 is 0. The number of aryl methyl sites for hydroxylation is 1. The van der Waals surface area contributed by atoms with Gasteiger partial charge in [0.15, 0.2) is 0 Å². The highest BCUT2D eigenvalue weighted by molar-refractivity contribution is 5.89. The van der Waals surface area contributed by atoms with Gasteiger partial charge >= 0.3 is 0 Å². The molecule has 0 saturated carbocycles. The lowest BCUT2D eigenvalue weighted by molar-refractivity contribution is -0.0327. The van der Waals surface area contributed by atoms with Gasteiger partial charge in [-0.1, -0.05) is 0 Å². The van der Waals surface area contributed by atoms with Crippen molar-refractivity contribution >= 4 is 22.5 Å². The molecule has 0 aromatic carbocycles. The second kappa shape index (κ2) is 9.80. The summed E-state index contributed by atoms with van der Waals surface area (Å²) in [5.41, 5.74) is 4.41. The van der Waals surface area contributed by atoms with Crippen molar-refractivity contribution in [3.63, 3.8) is 0 Å². The smallest absolute Gasteiger partial charge is 0.253 e. The fourth-order valence-corrected chi connectivity index (χ4v) is 5.83. The molecule has 0 unspecified atom stereocenters. The van der Waals surface area contributed by atoms with E-state index in [0.717, 1.165) is 87.9 Å². The first-order valence-electron chi connectivity index (χ1n) is 13.1. The molecule has 190 valence electrons. The molecule has 3 aliphatic rings. The van der Waals surface area contributed by atoms with E-state index in [1.54, 1.807) is 23.9 Å². The Kier molecular flexibility index (Phi) is 6.37. The van der Waals surface area contributed by atoms with Crippen LogP contribution in [0.5, 0.6) is 0 Å². The van der Waals surface area contributed by atoms with Crippen molar-refractivity contribution in [2.75, 3.05) is 62.2 Å². The van der Waals surface area contributed by atoms with Gasteiger partial charge in [-0.05, 0) is 49.2 Å². The molecule has 2 saturated heterocycles. The van der Waals surface area contributed by atoms with E-state index in [1.165, 1.54) is 11.1 Å². The maximum absolute atomic E-state index is 12.6. The summed E-state index contributed by atoms with van der Waals surface area (Å²) in [6.07, 6.45) is 5.06. The number of piperazine rings is 1. The predicted molar refractivity (Wildman–Crippen MR) is 142 cm³/mol. The molecular weight excluding hydrogens is 454 g/mol. The number of fused-ring (bicyclic) bond motifs is 2. The Morgan fingerprint density at radius 2 is 1.94 bits per heavy atom. The van der Waals surface area contributed by atoms with Crippen LogP contribution < -0.4 is 20.7 Å². The lowest BCUT2D eigenvalue weighted by Gasteiger charge is -2.42. The van der Waals surface area contributed by atoms with Crippen molar-refractivity contribution in [2.45, 2.75) is 32.1 Å². The first-order chi connectivity index (χ1) is 17.5. The van der Waals surface area contributed by atoms with Gasteiger partial charge in [0, 0.05) is 83.3 Å². The first kappa shape index (κ1) is 23.4. The number of hydrogen-bond donors (Lipinski definition) is 1.